The second kappa shape index (κ2) is 8.11. The third-order valence-corrected chi connectivity index (χ3v) is 4.42. The zero-order valence-corrected chi connectivity index (χ0v) is 14.2. The minimum Gasteiger partial charge on any atom is -0.368 e. The standard InChI is InChI=1S/C18H21ClN4O/c19-14-5-3-4-13(10-14)8-9-20-17-12-21-16(11-22-17)18(24)23-15-6-1-2-7-15/h3-5,10-12,15H,1-2,6-9H2,(H,20,22)(H,23,24). The molecule has 126 valence electrons. The number of carbonyl (C=O) groups is 1. The van der Waals surface area contributed by atoms with Gasteiger partial charge in [0.15, 0.2) is 0 Å². The maximum absolute atomic E-state index is 12.1. The van der Waals surface area contributed by atoms with E-state index >= 15 is 0 Å². The summed E-state index contributed by atoms with van der Waals surface area (Å²) in [7, 11) is 0. The fourth-order valence-corrected chi connectivity index (χ4v) is 3.11. The molecular formula is C18H21ClN4O. The molecule has 2 aromatic rings. The average Bonchev–Trinajstić information content (AvgIpc) is 3.08. The van der Waals surface area contributed by atoms with Crippen molar-refractivity contribution in [3.63, 3.8) is 0 Å². The van der Waals surface area contributed by atoms with Crippen LogP contribution in [0.5, 0.6) is 0 Å². The second-order valence-electron chi connectivity index (χ2n) is 6.05. The van der Waals surface area contributed by atoms with Crippen molar-refractivity contribution in [1.29, 1.82) is 0 Å². The van der Waals surface area contributed by atoms with E-state index in [1.54, 1.807) is 6.20 Å². The summed E-state index contributed by atoms with van der Waals surface area (Å²) in [6.45, 7) is 0.725. The lowest BCUT2D eigenvalue weighted by Gasteiger charge is -2.11. The Balaban J connectivity index is 1.48. The topological polar surface area (TPSA) is 66.9 Å². The fourth-order valence-electron chi connectivity index (χ4n) is 2.89. The van der Waals surface area contributed by atoms with Crippen LogP contribution in [0.15, 0.2) is 36.7 Å². The van der Waals surface area contributed by atoms with Crippen molar-refractivity contribution >= 4 is 23.3 Å². The van der Waals surface area contributed by atoms with Crippen LogP contribution < -0.4 is 10.6 Å². The van der Waals surface area contributed by atoms with E-state index in [1.165, 1.54) is 19.0 Å². The molecule has 0 unspecified atom stereocenters. The van der Waals surface area contributed by atoms with E-state index in [4.69, 9.17) is 11.6 Å². The Morgan fingerprint density at radius 2 is 2.04 bits per heavy atom. The molecule has 6 heteroatoms. The van der Waals surface area contributed by atoms with Crippen molar-refractivity contribution in [3.8, 4) is 0 Å². The van der Waals surface area contributed by atoms with Gasteiger partial charge < -0.3 is 10.6 Å². The van der Waals surface area contributed by atoms with Gasteiger partial charge in [0.2, 0.25) is 0 Å². The monoisotopic (exact) mass is 344 g/mol. The average molecular weight is 345 g/mol. The molecule has 1 amide bonds. The van der Waals surface area contributed by atoms with E-state index in [9.17, 15) is 4.79 Å². The number of nitrogens with zero attached hydrogens (tertiary/aromatic N) is 2. The molecule has 1 aliphatic rings. The number of rotatable bonds is 6. The molecule has 0 bridgehead atoms. The Bertz CT molecular complexity index is 684. The number of hydrogen-bond donors (Lipinski definition) is 2. The molecular weight excluding hydrogens is 324 g/mol. The molecule has 0 spiro atoms. The third-order valence-electron chi connectivity index (χ3n) is 4.18. The second-order valence-corrected chi connectivity index (χ2v) is 6.48. The van der Waals surface area contributed by atoms with Crippen LogP contribution in [0.25, 0.3) is 0 Å². The summed E-state index contributed by atoms with van der Waals surface area (Å²) in [5.74, 6) is 0.523. The number of amides is 1. The predicted octanol–water partition coefficient (Wildman–Crippen LogP) is 3.46. The zero-order valence-electron chi connectivity index (χ0n) is 13.5. The molecule has 2 N–H and O–H groups in total. The molecule has 5 nitrogen and oxygen atoms in total. The van der Waals surface area contributed by atoms with Gasteiger partial charge in [-0.1, -0.05) is 36.6 Å². The van der Waals surface area contributed by atoms with Crippen molar-refractivity contribution < 1.29 is 4.79 Å². The van der Waals surface area contributed by atoms with Crippen LogP contribution in [-0.4, -0.2) is 28.5 Å². The highest BCUT2D eigenvalue weighted by Gasteiger charge is 2.18. The van der Waals surface area contributed by atoms with Gasteiger partial charge in [-0.25, -0.2) is 9.97 Å². The Morgan fingerprint density at radius 3 is 2.75 bits per heavy atom. The van der Waals surface area contributed by atoms with Crippen molar-refractivity contribution in [2.75, 3.05) is 11.9 Å². The first-order valence-corrected chi connectivity index (χ1v) is 8.70. The molecule has 1 aromatic carbocycles. The highest BCUT2D eigenvalue weighted by Crippen LogP contribution is 2.18. The maximum atomic E-state index is 12.1. The van der Waals surface area contributed by atoms with E-state index in [0.29, 0.717) is 11.5 Å². The molecule has 1 aromatic heterocycles. The number of carbonyl (C=O) groups excluding carboxylic acids is 1. The Kier molecular flexibility index (Phi) is 5.64. The van der Waals surface area contributed by atoms with Gasteiger partial charge in [-0.3, -0.25) is 4.79 Å². The lowest BCUT2D eigenvalue weighted by molar-refractivity contribution is 0.0932. The molecule has 1 heterocycles. The van der Waals surface area contributed by atoms with Crippen LogP contribution in [0.2, 0.25) is 5.02 Å². The lowest BCUT2D eigenvalue weighted by atomic mass is 10.1. The van der Waals surface area contributed by atoms with E-state index in [2.05, 4.69) is 20.6 Å². The predicted molar refractivity (Wildman–Crippen MR) is 95.4 cm³/mol. The largest absolute Gasteiger partial charge is 0.368 e. The van der Waals surface area contributed by atoms with Crippen LogP contribution in [0.3, 0.4) is 0 Å². The summed E-state index contributed by atoms with van der Waals surface area (Å²) < 4.78 is 0. The first kappa shape index (κ1) is 16.7. The Morgan fingerprint density at radius 1 is 1.21 bits per heavy atom. The number of aromatic nitrogens is 2. The van der Waals surface area contributed by atoms with Crippen LogP contribution in [0.1, 0.15) is 41.7 Å². The first-order chi connectivity index (χ1) is 11.7. The molecule has 0 aliphatic heterocycles. The van der Waals surface area contributed by atoms with Crippen molar-refractivity contribution in [1.82, 2.24) is 15.3 Å². The van der Waals surface area contributed by atoms with Crippen LogP contribution in [0.4, 0.5) is 5.82 Å². The smallest absolute Gasteiger partial charge is 0.271 e. The highest BCUT2D eigenvalue weighted by atomic mass is 35.5. The highest BCUT2D eigenvalue weighted by molar-refractivity contribution is 6.30. The molecule has 0 radical (unpaired) electrons. The minimum atomic E-state index is -0.139. The van der Waals surface area contributed by atoms with Gasteiger partial charge in [0.1, 0.15) is 11.5 Å². The summed E-state index contributed by atoms with van der Waals surface area (Å²) in [5, 5.41) is 6.95. The van der Waals surface area contributed by atoms with E-state index in [1.807, 2.05) is 24.3 Å². The van der Waals surface area contributed by atoms with Crippen molar-refractivity contribution in [2.24, 2.45) is 0 Å². The van der Waals surface area contributed by atoms with Crippen LogP contribution >= 0.6 is 11.6 Å². The fraction of sp³-hybridized carbons (Fsp3) is 0.389. The Hall–Kier alpha value is -2.14. The van der Waals surface area contributed by atoms with E-state index in [0.717, 1.165) is 36.4 Å². The molecule has 1 saturated carbocycles. The van der Waals surface area contributed by atoms with Crippen molar-refractivity contribution in [2.45, 2.75) is 38.1 Å². The normalized spacial score (nSPS) is 14.5. The quantitative estimate of drug-likeness (QED) is 0.842. The van der Waals surface area contributed by atoms with Gasteiger partial charge in [-0.15, -0.1) is 0 Å². The van der Waals surface area contributed by atoms with Gasteiger partial charge in [0, 0.05) is 17.6 Å². The molecule has 0 atom stereocenters. The molecule has 3 rings (SSSR count). The Labute approximate surface area is 146 Å². The van der Waals surface area contributed by atoms with Gasteiger partial charge in [-0.2, -0.15) is 0 Å². The summed E-state index contributed by atoms with van der Waals surface area (Å²) in [4.78, 5) is 20.6. The molecule has 0 saturated heterocycles. The van der Waals surface area contributed by atoms with Crippen molar-refractivity contribution in [3.05, 3.63) is 52.9 Å². The minimum absolute atomic E-state index is 0.139. The van der Waals surface area contributed by atoms with E-state index in [-0.39, 0.29) is 11.9 Å². The lowest BCUT2D eigenvalue weighted by Crippen LogP contribution is -2.33. The number of halogens is 1. The summed E-state index contributed by atoms with van der Waals surface area (Å²) in [6.07, 6.45) is 8.45. The summed E-state index contributed by atoms with van der Waals surface area (Å²) in [6, 6.07) is 8.07. The van der Waals surface area contributed by atoms with Gasteiger partial charge >= 0.3 is 0 Å². The number of benzene rings is 1. The SMILES string of the molecule is O=C(NC1CCCC1)c1cnc(NCCc2cccc(Cl)c2)cn1. The summed E-state index contributed by atoms with van der Waals surface area (Å²) in [5.41, 5.74) is 1.53. The van der Waals surface area contributed by atoms with Crippen LogP contribution in [0, 0.1) is 0 Å². The third kappa shape index (κ3) is 4.68. The van der Waals surface area contributed by atoms with Gasteiger partial charge in [0.05, 0.1) is 12.4 Å². The summed E-state index contributed by atoms with van der Waals surface area (Å²) >= 11 is 5.97. The zero-order chi connectivity index (χ0) is 16.8. The number of anilines is 1. The van der Waals surface area contributed by atoms with E-state index < -0.39 is 0 Å². The van der Waals surface area contributed by atoms with Gasteiger partial charge in [-0.05, 0) is 37.0 Å². The molecule has 24 heavy (non-hydrogen) atoms. The van der Waals surface area contributed by atoms with Crippen LogP contribution in [-0.2, 0) is 6.42 Å². The number of nitrogens with one attached hydrogen (secondary N) is 2. The number of hydrogen-bond acceptors (Lipinski definition) is 4. The van der Waals surface area contributed by atoms with Gasteiger partial charge in [0.25, 0.3) is 5.91 Å². The maximum Gasteiger partial charge on any atom is 0.271 e. The first-order valence-electron chi connectivity index (χ1n) is 8.32. The molecule has 1 aliphatic carbocycles. The molecule has 1 fully saturated rings.